The standard InChI is InChI=1S/C10H20BrNO/c1-3-5-6-8-9(7-4-2)10(13)12-11/h9H,3-8H2,1-2H3,(H,12,13). The number of hydrogen-bond donors (Lipinski definition) is 1. The Morgan fingerprint density at radius 1 is 1.23 bits per heavy atom. The van der Waals surface area contributed by atoms with Crippen LogP contribution >= 0.6 is 16.1 Å². The molecule has 1 amide bonds. The van der Waals surface area contributed by atoms with Crippen molar-refractivity contribution in [2.45, 2.75) is 52.4 Å². The fourth-order valence-electron chi connectivity index (χ4n) is 1.47. The van der Waals surface area contributed by atoms with Gasteiger partial charge in [-0.05, 0) is 12.8 Å². The Bertz CT molecular complexity index is 139. The van der Waals surface area contributed by atoms with Crippen LogP contribution in [0, 0.1) is 5.92 Å². The quantitative estimate of drug-likeness (QED) is 0.544. The molecule has 0 aromatic rings. The number of nitrogens with one attached hydrogen (secondary N) is 1. The van der Waals surface area contributed by atoms with Crippen LogP contribution in [0.1, 0.15) is 52.4 Å². The molecule has 0 spiro atoms. The number of unbranched alkanes of at least 4 members (excludes halogenated alkanes) is 2. The highest BCUT2D eigenvalue weighted by molar-refractivity contribution is 9.08. The van der Waals surface area contributed by atoms with Gasteiger partial charge in [-0.3, -0.25) is 9.14 Å². The minimum Gasteiger partial charge on any atom is -0.292 e. The fourth-order valence-corrected chi connectivity index (χ4v) is 1.80. The molecule has 0 bridgehead atoms. The molecule has 0 aliphatic rings. The summed E-state index contributed by atoms with van der Waals surface area (Å²) in [6, 6.07) is 0. The summed E-state index contributed by atoms with van der Waals surface area (Å²) < 4.78 is 2.55. The van der Waals surface area contributed by atoms with Crippen molar-refractivity contribution in [2.24, 2.45) is 5.92 Å². The van der Waals surface area contributed by atoms with E-state index >= 15 is 0 Å². The van der Waals surface area contributed by atoms with E-state index < -0.39 is 0 Å². The summed E-state index contributed by atoms with van der Waals surface area (Å²) in [5, 5.41) is 0. The molecule has 1 N–H and O–H groups in total. The molecule has 0 aliphatic heterocycles. The Morgan fingerprint density at radius 2 is 1.92 bits per heavy atom. The predicted molar refractivity (Wildman–Crippen MR) is 59.6 cm³/mol. The van der Waals surface area contributed by atoms with Gasteiger partial charge < -0.3 is 0 Å². The van der Waals surface area contributed by atoms with E-state index in [1.165, 1.54) is 19.3 Å². The van der Waals surface area contributed by atoms with Crippen molar-refractivity contribution in [3.63, 3.8) is 0 Å². The summed E-state index contributed by atoms with van der Waals surface area (Å²) >= 11 is 2.99. The first-order valence-electron chi connectivity index (χ1n) is 5.16. The van der Waals surface area contributed by atoms with Gasteiger partial charge in [0.05, 0.1) is 0 Å². The van der Waals surface area contributed by atoms with Crippen LogP contribution < -0.4 is 4.34 Å². The summed E-state index contributed by atoms with van der Waals surface area (Å²) in [7, 11) is 0. The highest BCUT2D eigenvalue weighted by Gasteiger charge is 2.15. The lowest BCUT2D eigenvalue weighted by atomic mass is 9.96. The van der Waals surface area contributed by atoms with Crippen LogP contribution in [0.2, 0.25) is 0 Å². The Labute approximate surface area is 89.8 Å². The molecule has 0 heterocycles. The predicted octanol–water partition coefficient (Wildman–Crippen LogP) is 3.41. The van der Waals surface area contributed by atoms with Gasteiger partial charge in [-0.15, -0.1) is 0 Å². The van der Waals surface area contributed by atoms with Crippen LogP contribution in [0.5, 0.6) is 0 Å². The van der Waals surface area contributed by atoms with E-state index in [2.05, 4.69) is 34.3 Å². The molecule has 0 aromatic heterocycles. The number of rotatable bonds is 7. The van der Waals surface area contributed by atoms with E-state index in [-0.39, 0.29) is 11.8 Å². The summed E-state index contributed by atoms with van der Waals surface area (Å²) in [6.07, 6.45) is 6.73. The first-order valence-corrected chi connectivity index (χ1v) is 5.96. The number of halogens is 1. The summed E-state index contributed by atoms with van der Waals surface area (Å²) in [5.41, 5.74) is 0. The third kappa shape index (κ3) is 6.08. The number of amides is 1. The van der Waals surface area contributed by atoms with E-state index in [9.17, 15) is 4.79 Å². The minimum atomic E-state index is 0.137. The van der Waals surface area contributed by atoms with Gasteiger partial charge in [0.2, 0.25) is 5.91 Å². The first kappa shape index (κ1) is 12.9. The average molecular weight is 250 g/mol. The van der Waals surface area contributed by atoms with E-state index in [1.807, 2.05) is 0 Å². The van der Waals surface area contributed by atoms with Gasteiger partial charge in [-0.1, -0.05) is 39.5 Å². The topological polar surface area (TPSA) is 29.1 Å². The molecule has 78 valence electrons. The highest BCUT2D eigenvalue weighted by atomic mass is 79.9. The lowest BCUT2D eigenvalue weighted by Crippen LogP contribution is -2.23. The highest BCUT2D eigenvalue weighted by Crippen LogP contribution is 2.16. The maximum atomic E-state index is 11.3. The van der Waals surface area contributed by atoms with Crippen molar-refractivity contribution in [2.75, 3.05) is 0 Å². The van der Waals surface area contributed by atoms with Crippen molar-refractivity contribution in [3.8, 4) is 0 Å². The Kier molecular flexibility index (Phi) is 8.51. The molecule has 0 fully saturated rings. The zero-order chi connectivity index (χ0) is 10.1. The molecule has 0 radical (unpaired) electrons. The number of hydrogen-bond acceptors (Lipinski definition) is 1. The number of carbonyl (C=O) groups is 1. The Balaban J connectivity index is 3.73. The van der Waals surface area contributed by atoms with Crippen molar-refractivity contribution in [3.05, 3.63) is 0 Å². The Hall–Kier alpha value is -0.0500. The SMILES string of the molecule is CCCCCC(CCC)C(=O)NBr. The molecule has 13 heavy (non-hydrogen) atoms. The second-order valence-corrected chi connectivity index (χ2v) is 3.84. The van der Waals surface area contributed by atoms with Crippen molar-refractivity contribution in [1.29, 1.82) is 0 Å². The zero-order valence-electron chi connectivity index (χ0n) is 8.61. The molecule has 0 aromatic carbocycles. The fraction of sp³-hybridized carbons (Fsp3) is 0.900. The van der Waals surface area contributed by atoms with Gasteiger partial charge in [-0.25, -0.2) is 0 Å². The third-order valence-electron chi connectivity index (χ3n) is 2.26. The maximum Gasteiger partial charge on any atom is 0.232 e. The monoisotopic (exact) mass is 249 g/mol. The van der Waals surface area contributed by atoms with Gasteiger partial charge in [0.1, 0.15) is 0 Å². The Morgan fingerprint density at radius 3 is 2.38 bits per heavy atom. The van der Waals surface area contributed by atoms with Gasteiger partial charge >= 0.3 is 0 Å². The molecule has 3 heteroatoms. The van der Waals surface area contributed by atoms with Crippen LogP contribution in [-0.2, 0) is 4.79 Å². The van der Waals surface area contributed by atoms with Crippen molar-refractivity contribution < 1.29 is 4.79 Å². The summed E-state index contributed by atoms with van der Waals surface area (Å²) in [4.78, 5) is 11.3. The first-order chi connectivity index (χ1) is 6.26. The molecule has 1 unspecified atom stereocenters. The van der Waals surface area contributed by atoms with Crippen molar-refractivity contribution in [1.82, 2.24) is 4.34 Å². The minimum absolute atomic E-state index is 0.137. The third-order valence-corrected chi connectivity index (χ3v) is 2.65. The zero-order valence-corrected chi connectivity index (χ0v) is 10.2. The summed E-state index contributed by atoms with van der Waals surface area (Å²) in [5.74, 6) is 0.342. The average Bonchev–Trinajstić information content (AvgIpc) is 2.16. The van der Waals surface area contributed by atoms with Crippen LogP contribution in [0.15, 0.2) is 0 Å². The second kappa shape index (κ2) is 8.54. The van der Waals surface area contributed by atoms with Crippen molar-refractivity contribution >= 4 is 22.1 Å². The molecular weight excluding hydrogens is 230 g/mol. The molecule has 2 nitrogen and oxygen atoms in total. The summed E-state index contributed by atoms with van der Waals surface area (Å²) in [6.45, 7) is 4.30. The van der Waals surface area contributed by atoms with E-state index in [1.54, 1.807) is 0 Å². The normalized spacial score (nSPS) is 12.5. The molecule has 1 atom stereocenters. The maximum absolute atomic E-state index is 11.3. The largest absolute Gasteiger partial charge is 0.292 e. The van der Waals surface area contributed by atoms with Gasteiger partial charge in [0, 0.05) is 22.1 Å². The number of carbonyl (C=O) groups excluding carboxylic acids is 1. The molecule has 0 rings (SSSR count). The van der Waals surface area contributed by atoms with Crippen LogP contribution in [0.3, 0.4) is 0 Å². The van der Waals surface area contributed by atoms with Gasteiger partial charge in [0.25, 0.3) is 0 Å². The van der Waals surface area contributed by atoms with E-state index in [0.717, 1.165) is 19.3 Å². The van der Waals surface area contributed by atoms with Gasteiger partial charge in [0.15, 0.2) is 0 Å². The molecular formula is C10H20BrNO. The van der Waals surface area contributed by atoms with E-state index in [0.29, 0.717) is 0 Å². The van der Waals surface area contributed by atoms with E-state index in [4.69, 9.17) is 0 Å². The lowest BCUT2D eigenvalue weighted by Gasteiger charge is -2.12. The van der Waals surface area contributed by atoms with Gasteiger partial charge in [-0.2, -0.15) is 0 Å². The van der Waals surface area contributed by atoms with Crippen LogP contribution in [0.25, 0.3) is 0 Å². The smallest absolute Gasteiger partial charge is 0.232 e. The molecule has 0 aliphatic carbocycles. The second-order valence-electron chi connectivity index (χ2n) is 3.44. The molecule has 0 saturated carbocycles. The lowest BCUT2D eigenvalue weighted by molar-refractivity contribution is -0.123. The molecule has 0 saturated heterocycles. The van der Waals surface area contributed by atoms with Crippen LogP contribution in [-0.4, -0.2) is 5.91 Å². The van der Waals surface area contributed by atoms with Crippen LogP contribution in [0.4, 0.5) is 0 Å².